The Bertz CT molecular complexity index is 1650. The number of amides is 1. The standard InChI is InChI=1S/C28H26F4N4O6/c1-14-9-19(41-13-15(2)37)12-22(33-14)36-27(39)24(34-26(38)16-5-7-17(8-6-16)42-28(31)32)25(35(36)3)23-20(29)10-18(40-4)11-21(23)30/h5-12,15,28,37H,13H2,1-4H3,(H,34,38). The Hall–Kier alpha value is -4.85. The van der Waals surface area contributed by atoms with E-state index in [9.17, 15) is 23.5 Å². The van der Waals surface area contributed by atoms with Gasteiger partial charge in [0.05, 0.1) is 18.8 Å². The van der Waals surface area contributed by atoms with Gasteiger partial charge in [0.1, 0.15) is 46.9 Å². The molecule has 0 aliphatic heterocycles. The molecule has 2 N–H and O–H groups in total. The Labute approximate surface area is 236 Å². The topological polar surface area (TPSA) is 117 Å². The van der Waals surface area contributed by atoms with Gasteiger partial charge in [-0.25, -0.2) is 13.8 Å². The van der Waals surface area contributed by atoms with Gasteiger partial charge in [-0.3, -0.25) is 14.3 Å². The van der Waals surface area contributed by atoms with Crippen molar-refractivity contribution in [3.63, 3.8) is 0 Å². The highest BCUT2D eigenvalue weighted by atomic mass is 19.3. The molecule has 1 unspecified atom stereocenters. The predicted molar refractivity (Wildman–Crippen MR) is 144 cm³/mol. The molecule has 0 aliphatic carbocycles. The lowest BCUT2D eigenvalue weighted by Crippen LogP contribution is -2.24. The molecule has 1 atom stereocenters. The molecule has 10 nitrogen and oxygen atoms in total. The SMILES string of the molecule is COc1cc(F)c(-c2c(NC(=O)c3ccc(OC(F)F)cc3)c(=O)n(-c3cc(OCC(C)O)cc(C)n3)n2C)c(F)c1. The quantitative estimate of drug-likeness (QED) is 0.262. The highest BCUT2D eigenvalue weighted by Crippen LogP contribution is 2.34. The van der Waals surface area contributed by atoms with E-state index in [4.69, 9.17) is 9.47 Å². The number of alkyl halides is 2. The van der Waals surface area contributed by atoms with Crippen molar-refractivity contribution in [3.8, 4) is 34.3 Å². The molecular formula is C28H26F4N4O6. The second kappa shape index (κ2) is 12.3. The van der Waals surface area contributed by atoms with E-state index >= 15 is 8.78 Å². The van der Waals surface area contributed by atoms with Crippen LogP contribution in [0.4, 0.5) is 23.2 Å². The summed E-state index contributed by atoms with van der Waals surface area (Å²) in [5, 5.41) is 12.0. The van der Waals surface area contributed by atoms with Crippen LogP contribution < -0.4 is 25.1 Å². The number of aliphatic hydroxyl groups excluding tert-OH is 1. The van der Waals surface area contributed by atoms with Crippen LogP contribution in [0.5, 0.6) is 17.2 Å². The third-order valence-electron chi connectivity index (χ3n) is 5.96. The van der Waals surface area contributed by atoms with Crippen molar-refractivity contribution in [2.24, 2.45) is 7.05 Å². The fourth-order valence-electron chi connectivity index (χ4n) is 4.16. The first-order valence-corrected chi connectivity index (χ1v) is 12.4. The lowest BCUT2D eigenvalue weighted by atomic mass is 10.1. The average Bonchev–Trinajstić information content (AvgIpc) is 3.15. The minimum atomic E-state index is -3.07. The zero-order valence-corrected chi connectivity index (χ0v) is 22.8. The van der Waals surface area contributed by atoms with E-state index in [1.54, 1.807) is 13.0 Å². The zero-order valence-electron chi connectivity index (χ0n) is 22.8. The summed E-state index contributed by atoms with van der Waals surface area (Å²) in [4.78, 5) is 31.3. The number of halogens is 4. The molecule has 0 aliphatic rings. The van der Waals surface area contributed by atoms with Gasteiger partial charge in [-0.1, -0.05) is 0 Å². The van der Waals surface area contributed by atoms with Crippen LogP contribution >= 0.6 is 0 Å². The number of pyridine rings is 1. The summed E-state index contributed by atoms with van der Waals surface area (Å²) in [5.41, 5.74) is -2.00. The predicted octanol–water partition coefficient (Wildman–Crippen LogP) is 4.45. The summed E-state index contributed by atoms with van der Waals surface area (Å²) in [5.74, 6) is -3.11. The monoisotopic (exact) mass is 590 g/mol. The Morgan fingerprint density at radius 2 is 1.69 bits per heavy atom. The molecule has 0 radical (unpaired) electrons. The normalized spacial score (nSPS) is 11.9. The minimum Gasteiger partial charge on any atom is -0.497 e. The maximum atomic E-state index is 15.3. The number of hydrogen-bond acceptors (Lipinski definition) is 7. The summed E-state index contributed by atoms with van der Waals surface area (Å²) in [6.07, 6.45) is -0.787. The number of nitrogens with zero attached hydrogens (tertiary/aromatic N) is 3. The molecule has 0 spiro atoms. The summed E-state index contributed by atoms with van der Waals surface area (Å²) >= 11 is 0. The number of ether oxygens (including phenoxy) is 3. The van der Waals surface area contributed by atoms with Crippen LogP contribution in [0, 0.1) is 18.6 Å². The van der Waals surface area contributed by atoms with E-state index in [1.807, 2.05) is 0 Å². The molecule has 2 aromatic carbocycles. The van der Waals surface area contributed by atoms with Crippen molar-refractivity contribution in [2.75, 3.05) is 19.0 Å². The molecule has 1 amide bonds. The molecule has 42 heavy (non-hydrogen) atoms. The number of anilines is 1. The van der Waals surface area contributed by atoms with E-state index < -0.39 is 47.1 Å². The number of aryl methyl sites for hydroxylation is 1. The van der Waals surface area contributed by atoms with Crippen LogP contribution in [-0.2, 0) is 7.05 Å². The Morgan fingerprint density at radius 3 is 2.26 bits per heavy atom. The van der Waals surface area contributed by atoms with Crippen molar-refractivity contribution in [2.45, 2.75) is 26.6 Å². The Kier molecular flexibility index (Phi) is 8.85. The van der Waals surface area contributed by atoms with E-state index in [2.05, 4.69) is 15.0 Å². The first-order chi connectivity index (χ1) is 19.9. The third-order valence-corrected chi connectivity index (χ3v) is 5.96. The summed E-state index contributed by atoms with van der Waals surface area (Å²) < 4.78 is 72.5. The number of nitrogens with one attached hydrogen (secondary N) is 1. The number of carbonyl (C=O) groups excluding carboxylic acids is 1. The molecule has 4 aromatic rings. The van der Waals surface area contributed by atoms with E-state index in [0.29, 0.717) is 5.69 Å². The van der Waals surface area contributed by atoms with Gasteiger partial charge in [-0.15, -0.1) is 0 Å². The number of aliphatic hydroxyl groups is 1. The van der Waals surface area contributed by atoms with Crippen LogP contribution in [0.15, 0.2) is 53.3 Å². The minimum absolute atomic E-state index is 0.00679. The van der Waals surface area contributed by atoms with Gasteiger partial charge in [0.2, 0.25) is 0 Å². The van der Waals surface area contributed by atoms with E-state index in [1.165, 1.54) is 39.3 Å². The number of methoxy groups -OCH3 is 1. The molecule has 0 bridgehead atoms. The number of aromatic nitrogens is 3. The van der Waals surface area contributed by atoms with Crippen LogP contribution in [-0.4, -0.2) is 51.8 Å². The van der Waals surface area contributed by atoms with Gasteiger partial charge in [0, 0.05) is 42.6 Å². The van der Waals surface area contributed by atoms with Gasteiger partial charge in [-0.05, 0) is 38.1 Å². The van der Waals surface area contributed by atoms with Gasteiger partial charge in [0.25, 0.3) is 11.5 Å². The first kappa shape index (κ1) is 30.1. The van der Waals surface area contributed by atoms with Crippen molar-refractivity contribution < 1.29 is 41.7 Å². The van der Waals surface area contributed by atoms with Crippen molar-refractivity contribution >= 4 is 11.6 Å². The third kappa shape index (κ3) is 6.38. The van der Waals surface area contributed by atoms with E-state index in [-0.39, 0.29) is 40.9 Å². The maximum absolute atomic E-state index is 15.3. The molecule has 0 saturated heterocycles. The van der Waals surface area contributed by atoms with Gasteiger partial charge >= 0.3 is 6.61 Å². The lowest BCUT2D eigenvalue weighted by molar-refractivity contribution is -0.0498. The highest BCUT2D eigenvalue weighted by molar-refractivity contribution is 6.06. The average molecular weight is 591 g/mol. The summed E-state index contributed by atoms with van der Waals surface area (Å²) in [6.45, 7) is 0.0221. The molecule has 4 rings (SSSR count). The summed E-state index contributed by atoms with van der Waals surface area (Å²) in [6, 6.07) is 9.38. The maximum Gasteiger partial charge on any atom is 0.387 e. The molecule has 222 valence electrons. The molecule has 14 heteroatoms. The second-order valence-electron chi connectivity index (χ2n) is 9.15. The first-order valence-electron chi connectivity index (χ1n) is 12.4. The van der Waals surface area contributed by atoms with Crippen LogP contribution in [0.1, 0.15) is 23.0 Å². The highest BCUT2D eigenvalue weighted by Gasteiger charge is 2.28. The number of hydrogen-bond donors (Lipinski definition) is 2. The number of rotatable bonds is 10. The largest absolute Gasteiger partial charge is 0.497 e. The van der Waals surface area contributed by atoms with Crippen molar-refractivity contribution in [1.82, 2.24) is 14.3 Å². The Balaban J connectivity index is 1.88. The molecule has 0 fully saturated rings. The van der Waals surface area contributed by atoms with Gasteiger partial charge < -0.3 is 24.6 Å². The fraction of sp³-hybridized carbons (Fsp3) is 0.250. The lowest BCUT2D eigenvalue weighted by Gasteiger charge is -2.14. The van der Waals surface area contributed by atoms with Crippen molar-refractivity contribution in [1.29, 1.82) is 0 Å². The smallest absolute Gasteiger partial charge is 0.387 e. The second-order valence-corrected chi connectivity index (χ2v) is 9.15. The van der Waals surface area contributed by atoms with Gasteiger partial charge in [0.15, 0.2) is 5.82 Å². The molecule has 0 saturated carbocycles. The van der Waals surface area contributed by atoms with Gasteiger partial charge in [-0.2, -0.15) is 13.5 Å². The van der Waals surface area contributed by atoms with Crippen molar-refractivity contribution in [3.05, 3.63) is 81.8 Å². The molecule has 2 heterocycles. The Morgan fingerprint density at radius 1 is 1.05 bits per heavy atom. The number of benzene rings is 2. The molecular weight excluding hydrogens is 564 g/mol. The molecule has 2 aromatic heterocycles. The van der Waals surface area contributed by atoms with Crippen LogP contribution in [0.2, 0.25) is 0 Å². The van der Waals surface area contributed by atoms with E-state index in [0.717, 1.165) is 33.6 Å². The van der Waals surface area contributed by atoms with Crippen LogP contribution in [0.3, 0.4) is 0 Å². The summed E-state index contributed by atoms with van der Waals surface area (Å²) in [7, 11) is 2.57. The zero-order chi connectivity index (χ0) is 30.7. The number of carbonyl (C=O) groups is 1. The fourth-order valence-corrected chi connectivity index (χ4v) is 4.16. The van der Waals surface area contributed by atoms with Crippen LogP contribution in [0.25, 0.3) is 17.1 Å².